The number of alkyl halides is 3. The third-order valence-corrected chi connectivity index (χ3v) is 3.90. The number of rotatable bonds is 4. The first-order valence-corrected chi connectivity index (χ1v) is 6.91. The second-order valence-corrected chi connectivity index (χ2v) is 5.85. The SMILES string of the molecule is CC(C)(C(=O)[O-])N1CC[C@@H](Oc2cccc(C(F)(F)F)c2)C1.[Li+]. The van der Waals surface area contributed by atoms with Gasteiger partial charge in [0.2, 0.25) is 0 Å². The van der Waals surface area contributed by atoms with Crippen molar-refractivity contribution in [1.82, 2.24) is 4.90 Å². The van der Waals surface area contributed by atoms with Crippen molar-refractivity contribution in [2.45, 2.75) is 38.1 Å². The quantitative estimate of drug-likeness (QED) is 0.646. The summed E-state index contributed by atoms with van der Waals surface area (Å²) >= 11 is 0. The summed E-state index contributed by atoms with van der Waals surface area (Å²) in [5, 5.41) is 11.1. The topological polar surface area (TPSA) is 52.6 Å². The summed E-state index contributed by atoms with van der Waals surface area (Å²) in [6.07, 6.45) is -4.22. The minimum Gasteiger partial charge on any atom is -0.548 e. The molecule has 0 spiro atoms. The van der Waals surface area contributed by atoms with Crippen LogP contribution in [0.4, 0.5) is 13.2 Å². The van der Waals surface area contributed by atoms with E-state index in [4.69, 9.17) is 4.74 Å². The number of benzene rings is 1. The molecule has 0 aliphatic carbocycles. The zero-order chi connectivity index (χ0) is 16.5. The number of carboxylic acids is 1. The number of carbonyl (C=O) groups excluding carboxylic acids is 1. The molecule has 122 valence electrons. The minimum atomic E-state index is -4.42. The Kier molecular flexibility index (Phi) is 6.19. The van der Waals surface area contributed by atoms with E-state index in [1.54, 1.807) is 4.90 Å². The van der Waals surface area contributed by atoms with Crippen molar-refractivity contribution < 1.29 is 46.7 Å². The van der Waals surface area contributed by atoms with Crippen LogP contribution in [0.3, 0.4) is 0 Å². The molecule has 8 heteroatoms. The third kappa shape index (κ3) is 4.66. The van der Waals surface area contributed by atoms with Gasteiger partial charge < -0.3 is 14.6 Å². The van der Waals surface area contributed by atoms with Gasteiger partial charge in [-0.1, -0.05) is 6.07 Å². The van der Waals surface area contributed by atoms with Gasteiger partial charge in [0.25, 0.3) is 0 Å². The van der Waals surface area contributed by atoms with Crippen molar-refractivity contribution in [3.8, 4) is 5.75 Å². The molecule has 0 unspecified atom stereocenters. The van der Waals surface area contributed by atoms with Gasteiger partial charge in [-0.05, 0) is 38.5 Å². The molecule has 1 aliphatic heterocycles. The van der Waals surface area contributed by atoms with Gasteiger partial charge in [-0.15, -0.1) is 0 Å². The summed E-state index contributed by atoms with van der Waals surface area (Å²) in [7, 11) is 0. The van der Waals surface area contributed by atoms with Crippen molar-refractivity contribution in [3.63, 3.8) is 0 Å². The van der Waals surface area contributed by atoms with Crippen LogP contribution in [0.2, 0.25) is 0 Å². The van der Waals surface area contributed by atoms with Gasteiger partial charge >= 0.3 is 25.0 Å². The Morgan fingerprint density at radius 3 is 2.57 bits per heavy atom. The summed E-state index contributed by atoms with van der Waals surface area (Å²) in [5.41, 5.74) is -1.90. The summed E-state index contributed by atoms with van der Waals surface area (Å²) < 4.78 is 43.5. The van der Waals surface area contributed by atoms with Crippen LogP contribution in [-0.4, -0.2) is 35.6 Å². The van der Waals surface area contributed by atoms with Gasteiger partial charge in [0, 0.05) is 13.1 Å². The molecule has 1 heterocycles. The molecule has 4 nitrogen and oxygen atoms in total. The summed E-state index contributed by atoms with van der Waals surface area (Å²) in [4.78, 5) is 12.8. The smallest absolute Gasteiger partial charge is 0.548 e. The minimum absolute atomic E-state index is 0. The van der Waals surface area contributed by atoms with E-state index in [1.165, 1.54) is 26.0 Å². The predicted molar refractivity (Wildman–Crippen MR) is 71.1 cm³/mol. The van der Waals surface area contributed by atoms with Crippen LogP contribution < -0.4 is 28.7 Å². The number of hydrogen-bond acceptors (Lipinski definition) is 4. The normalized spacial score (nSPS) is 19.3. The molecular weight excluding hydrogens is 306 g/mol. The van der Waals surface area contributed by atoms with E-state index >= 15 is 0 Å². The maximum Gasteiger partial charge on any atom is 1.00 e. The van der Waals surface area contributed by atoms with E-state index in [0.717, 1.165) is 12.1 Å². The molecule has 0 bridgehead atoms. The van der Waals surface area contributed by atoms with Crippen LogP contribution in [0.5, 0.6) is 5.75 Å². The maximum absolute atomic E-state index is 12.7. The van der Waals surface area contributed by atoms with E-state index < -0.39 is 23.2 Å². The molecule has 1 saturated heterocycles. The second-order valence-electron chi connectivity index (χ2n) is 5.85. The largest absolute Gasteiger partial charge is 1.00 e. The van der Waals surface area contributed by atoms with Gasteiger partial charge in [0.15, 0.2) is 0 Å². The predicted octanol–water partition coefficient (Wildman–Crippen LogP) is -1.31. The molecule has 23 heavy (non-hydrogen) atoms. The number of halogens is 3. The number of likely N-dealkylation sites (tertiary alicyclic amines) is 1. The summed E-state index contributed by atoms with van der Waals surface area (Å²) in [6.45, 7) is 3.89. The van der Waals surface area contributed by atoms with Crippen molar-refractivity contribution in [1.29, 1.82) is 0 Å². The van der Waals surface area contributed by atoms with E-state index in [1.807, 2.05) is 0 Å². The zero-order valence-electron chi connectivity index (χ0n) is 13.3. The Hall–Kier alpha value is -1.16. The van der Waals surface area contributed by atoms with E-state index in [2.05, 4.69) is 0 Å². The zero-order valence-corrected chi connectivity index (χ0v) is 13.3. The number of hydrogen-bond donors (Lipinski definition) is 0. The monoisotopic (exact) mass is 323 g/mol. The van der Waals surface area contributed by atoms with Crippen molar-refractivity contribution in [2.24, 2.45) is 0 Å². The number of ether oxygens (including phenoxy) is 1. The molecule has 0 amide bonds. The third-order valence-electron chi connectivity index (χ3n) is 3.90. The molecule has 0 saturated carbocycles. The van der Waals surface area contributed by atoms with Crippen molar-refractivity contribution >= 4 is 5.97 Å². The van der Waals surface area contributed by atoms with Crippen LogP contribution in [0, 0.1) is 0 Å². The second kappa shape index (κ2) is 7.16. The molecule has 0 aromatic heterocycles. The molecular formula is C15H17F3LiNO3. The van der Waals surface area contributed by atoms with Gasteiger partial charge in [-0.25, -0.2) is 0 Å². The van der Waals surface area contributed by atoms with Gasteiger partial charge in [0.1, 0.15) is 11.9 Å². The Labute approximate surface area is 144 Å². The standard InChI is InChI=1S/C15H18F3NO3.Li/c1-14(2,13(20)21)19-7-6-12(9-19)22-11-5-3-4-10(8-11)15(16,17)18;/h3-5,8,12H,6-7,9H2,1-2H3,(H,20,21);/q;+1/p-1/t12-;/m1./s1. The fourth-order valence-corrected chi connectivity index (χ4v) is 2.40. The molecule has 1 aromatic carbocycles. The summed E-state index contributed by atoms with van der Waals surface area (Å²) in [6, 6.07) is 4.68. The number of carbonyl (C=O) groups is 1. The van der Waals surface area contributed by atoms with E-state index in [0.29, 0.717) is 19.5 Å². The first-order chi connectivity index (χ1) is 10.1. The van der Waals surface area contributed by atoms with Crippen LogP contribution in [0.25, 0.3) is 0 Å². The van der Waals surface area contributed by atoms with Gasteiger partial charge in [-0.2, -0.15) is 13.2 Å². The van der Waals surface area contributed by atoms with Crippen LogP contribution >= 0.6 is 0 Å². The average Bonchev–Trinajstić information content (AvgIpc) is 2.87. The first-order valence-electron chi connectivity index (χ1n) is 6.91. The first kappa shape index (κ1) is 19.9. The molecule has 1 aromatic rings. The van der Waals surface area contributed by atoms with Crippen LogP contribution in [-0.2, 0) is 11.0 Å². The summed E-state index contributed by atoms with van der Waals surface area (Å²) in [5.74, 6) is -1.06. The Morgan fingerprint density at radius 1 is 1.35 bits per heavy atom. The van der Waals surface area contributed by atoms with Crippen LogP contribution in [0.1, 0.15) is 25.8 Å². The average molecular weight is 323 g/mol. The van der Waals surface area contributed by atoms with E-state index in [-0.39, 0.29) is 30.7 Å². The van der Waals surface area contributed by atoms with Gasteiger partial charge in [-0.3, -0.25) is 4.90 Å². The molecule has 1 fully saturated rings. The molecule has 2 rings (SSSR count). The molecule has 0 radical (unpaired) electrons. The fraction of sp³-hybridized carbons (Fsp3) is 0.533. The van der Waals surface area contributed by atoms with Gasteiger partial charge in [0.05, 0.1) is 17.1 Å². The number of carboxylic acid groups (broad SMARTS) is 1. The molecule has 1 atom stereocenters. The molecule has 1 aliphatic rings. The number of nitrogens with zero attached hydrogens (tertiary/aromatic N) is 1. The van der Waals surface area contributed by atoms with Crippen molar-refractivity contribution in [3.05, 3.63) is 29.8 Å². The van der Waals surface area contributed by atoms with E-state index in [9.17, 15) is 23.1 Å². The maximum atomic E-state index is 12.7. The Bertz CT molecular complexity index is 563. The fourth-order valence-electron chi connectivity index (χ4n) is 2.40. The number of aliphatic carboxylic acids is 1. The Balaban J connectivity index is 0.00000264. The van der Waals surface area contributed by atoms with Crippen LogP contribution in [0.15, 0.2) is 24.3 Å². The Morgan fingerprint density at radius 2 is 2.00 bits per heavy atom. The molecule has 0 N–H and O–H groups in total. The van der Waals surface area contributed by atoms with Crippen molar-refractivity contribution in [2.75, 3.05) is 13.1 Å².